The number of aryl methyl sites for hydroxylation is 2. The van der Waals surface area contributed by atoms with E-state index in [0.717, 1.165) is 0 Å². The summed E-state index contributed by atoms with van der Waals surface area (Å²) in [5, 5.41) is 4.71. The van der Waals surface area contributed by atoms with Gasteiger partial charge in [0.05, 0.1) is 23.9 Å². The topological polar surface area (TPSA) is 104 Å². The van der Waals surface area contributed by atoms with E-state index in [4.69, 9.17) is 5.73 Å². The van der Waals surface area contributed by atoms with Crippen LogP contribution in [0.5, 0.6) is 0 Å². The van der Waals surface area contributed by atoms with E-state index < -0.39 is 9.84 Å². The fraction of sp³-hybridized carbons (Fsp3) is 0.444. The molecule has 17 heavy (non-hydrogen) atoms. The van der Waals surface area contributed by atoms with Gasteiger partial charge in [-0.25, -0.2) is 23.1 Å². The van der Waals surface area contributed by atoms with Crippen molar-refractivity contribution in [2.45, 2.75) is 13.5 Å². The van der Waals surface area contributed by atoms with Gasteiger partial charge >= 0.3 is 0 Å². The number of anilines is 1. The summed E-state index contributed by atoms with van der Waals surface area (Å²) in [5.74, 6) is 0.918. The molecule has 2 N–H and O–H groups in total. The molecule has 0 fully saturated rings. The standard InChI is InChI=1S/C9H13N5O2S/c1-6-12-8(10)7-5-11-14(9(7)13-6)3-4-17(2,15)16/h5H,3-4H2,1-2H3,(H2,10,12,13). The number of aromatic nitrogens is 4. The predicted octanol–water partition coefficient (Wildman–Crippen LogP) is -0.238. The summed E-state index contributed by atoms with van der Waals surface area (Å²) in [6.45, 7) is 1.99. The molecule has 0 aliphatic carbocycles. The van der Waals surface area contributed by atoms with Gasteiger partial charge in [-0.2, -0.15) is 5.10 Å². The van der Waals surface area contributed by atoms with Gasteiger partial charge in [-0.3, -0.25) is 0 Å². The van der Waals surface area contributed by atoms with Crippen molar-refractivity contribution in [1.29, 1.82) is 0 Å². The molecule has 2 aromatic rings. The van der Waals surface area contributed by atoms with Crippen LogP contribution in [0.3, 0.4) is 0 Å². The second kappa shape index (κ2) is 3.95. The van der Waals surface area contributed by atoms with E-state index >= 15 is 0 Å². The Morgan fingerprint density at radius 2 is 2.12 bits per heavy atom. The molecule has 8 heteroatoms. The summed E-state index contributed by atoms with van der Waals surface area (Å²) < 4.78 is 23.7. The summed E-state index contributed by atoms with van der Waals surface area (Å²) in [7, 11) is -3.02. The van der Waals surface area contributed by atoms with Crippen LogP contribution in [0.2, 0.25) is 0 Å². The average Bonchev–Trinajstić information content (AvgIpc) is 2.57. The van der Waals surface area contributed by atoms with Crippen LogP contribution >= 0.6 is 0 Å². The lowest BCUT2D eigenvalue weighted by atomic mass is 10.4. The number of nitrogens with two attached hydrogens (primary N) is 1. The predicted molar refractivity (Wildman–Crippen MR) is 64.2 cm³/mol. The third-order valence-corrected chi connectivity index (χ3v) is 3.24. The first-order valence-corrected chi connectivity index (χ1v) is 7.06. The first-order valence-electron chi connectivity index (χ1n) is 5.00. The Balaban J connectivity index is 2.42. The highest BCUT2D eigenvalue weighted by Crippen LogP contribution is 2.16. The first kappa shape index (κ1) is 11.8. The lowest BCUT2D eigenvalue weighted by molar-refractivity contribution is 0.588. The van der Waals surface area contributed by atoms with Crippen molar-refractivity contribution in [1.82, 2.24) is 19.7 Å². The van der Waals surface area contributed by atoms with Gasteiger partial charge in [0.15, 0.2) is 5.65 Å². The van der Waals surface area contributed by atoms with E-state index in [1.54, 1.807) is 13.1 Å². The Labute approximate surface area is 98.6 Å². The van der Waals surface area contributed by atoms with Gasteiger partial charge < -0.3 is 5.73 Å². The molecule has 2 heterocycles. The minimum atomic E-state index is -3.02. The zero-order valence-corrected chi connectivity index (χ0v) is 10.4. The van der Waals surface area contributed by atoms with Crippen LogP contribution in [-0.4, -0.2) is 40.2 Å². The zero-order chi connectivity index (χ0) is 12.6. The minimum absolute atomic E-state index is 0.0206. The van der Waals surface area contributed by atoms with Crippen molar-refractivity contribution in [3.63, 3.8) is 0 Å². The molecule has 2 aromatic heterocycles. The second-order valence-corrected chi connectivity index (χ2v) is 6.15. The fourth-order valence-corrected chi connectivity index (χ4v) is 2.01. The van der Waals surface area contributed by atoms with Gasteiger partial charge in [0.1, 0.15) is 21.5 Å². The molecule has 0 saturated carbocycles. The number of rotatable bonds is 3. The molecule has 0 unspecified atom stereocenters. The van der Waals surface area contributed by atoms with E-state index in [0.29, 0.717) is 22.7 Å². The number of nitrogens with zero attached hydrogens (tertiary/aromatic N) is 4. The van der Waals surface area contributed by atoms with Crippen molar-refractivity contribution in [2.24, 2.45) is 0 Å². The molecule has 92 valence electrons. The number of hydrogen-bond acceptors (Lipinski definition) is 6. The Morgan fingerprint density at radius 3 is 2.76 bits per heavy atom. The smallest absolute Gasteiger partial charge is 0.163 e. The van der Waals surface area contributed by atoms with E-state index in [1.165, 1.54) is 10.9 Å². The van der Waals surface area contributed by atoms with Crippen molar-refractivity contribution in [3.05, 3.63) is 12.0 Å². The van der Waals surface area contributed by atoms with Gasteiger partial charge in [-0.1, -0.05) is 0 Å². The Hall–Kier alpha value is -1.70. The Bertz CT molecular complexity index is 661. The van der Waals surface area contributed by atoms with Crippen molar-refractivity contribution >= 4 is 26.7 Å². The molecule has 0 atom stereocenters. The lowest BCUT2D eigenvalue weighted by Crippen LogP contribution is -2.12. The molecule has 0 saturated heterocycles. The average molecular weight is 255 g/mol. The third kappa shape index (κ3) is 2.52. The SMILES string of the molecule is Cc1nc(N)c2cnn(CCS(C)(=O)=O)c2n1. The Morgan fingerprint density at radius 1 is 1.41 bits per heavy atom. The van der Waals surface area contributed by atoms with Crippen LogP contribution < -0.4 is 5.73 Å². The van der Waals surface area contributed by atoms with Crippen LogP contribution in [0.15, 0.2) is 6.20 Å². The second-order valence-electron chi connectivity index (χ2n) is 3.89. The maximum Gasteiger partial charge on any atom is 0.163 e. The first-order chi connectivity index (χ1) is 7.87. The van der Waals surface area contributed by atoms with Crippen LogP contribution in [0.25, 0.3) is 11.0 Å². The number of hydrogen-bond donors (Lipinski definition) is 1. The molecule has 0 bridgehead atoms. The lowest BCUT2D eigenvalue weighted by Gasteiger charge is -2.03. The van der Waals surface area contributed by atoms with E-state index in [2.05, 4.69) is 15.1 Å². The summed E-state index contributed by atoms with van der Waals surface area (Å²) in [6, 6.07) is 0. The highest BCUT2D eigenvalue weighted by molar-refractivity contribution is 7.90. The van der Waals surface area contributed by atoms with Gasteiger partial charge in [0, 0.05) is 6.26 Å². The van der Waals surface area contributed by atoms with E-state index in [1.807, 2.05) is 0 Å². The molecular formula is C9H13N5O2S. The van der Waals surface area contributed by atoms with Gasteiger partial charge in [-0.05, 0) is 6.92 Å². The van der Waals surface area contributed by atoms with Crippen LogP contribution in [0.1, 0.15) is 5.82 Å². The summed E-state index contributed by atoms with van der Waals surface area (Å²) in [5.41, 5.74) is 6.30. The third-order valence-electron chi connectivity index (χ3n) is 2.31. The fourth-order valence-electron chi connectivity index (χ4n) is 1.51. The maximum absolute atomic E-state index is 11.1. The van der Waals surface area contributed by atoms with Crippen LogP contribution in [0.4, 0.5) is 5.82 Å². The molecule has 0 aromatic carbocycles. The molecule has 0 radical (unpaired) electrons. The Kier molecular flexibility index (Phi) is 2.74. The van der Waals surface area contributed by atoms with E-state index in [9.17, 15) is 8.42 Å². The molecule has 0 aliphatic heterocycles. The number of sulfone groups is 1. The summed E-state index contributed by atoms with van der Waals surface area (Å²) >= 11 is 0. The molecule has 2 rings (SSSR count). The zero-order valence-electron chi connectivity index (χ0n) is 9.58. The monoisotopic (exact) mass is 255 g/mol. The highest BCUT2D eigenvalue weighted by Gasteiger charge is 2.11. The van der Waals surface area contributed by atoms with Gasteiger partial charge in [0.2, 0.25) is 0 Å². The quantitative estimate of drug-likeness (QED) is 0.811. The maximum atomic E-state index is 11.1. The largest absolute Gasteiger partial charge is 0.383 e. The molecular weight excluding hydrogens is 242 g/mol. The molecule has 7 nitrogen and oxygen atoms in total. The van der Waals surface area contributed by atoms with Gasteiger partial charge in [-0.15, -0.1) is 0 Å². The molecule has 0 amide bonds. The molecule has 0 spiro atoms. The van der Waals surface area contributed by atoms with Crippen molar-refractivity contribution < 1.29 is 8.42 Å². The van der Waals surface area contributed by atoms with Crippen LogP contribution in [-0.2, 0) is 16.4 Å². The molecule has 0 aliphatic rings. The summed E-state index contributed by atoms with van der Waals surface area (Å²) in [4.78, 5) is 8.23. The minimum Gasteiger partial charge on any atom is -0.383 e. The highest BCUT2D eigenvalue weighted by atomic mass is 32.2. The van der Waals surface area contributed by atoms with E-state index in [-0.39, 0.29) is 12.3 Å². The van der Waals surface area contributed by atoms with Crippen LogP contribution in [0, 0.1) is 6.92 Å². The van der Waals surface area contributed by atoms with Gasteiger partial charge in [0.25, 0.3) is 0 Å². The number of fused-ring (bicyclic) bond motifs is 1. The normalized spacial score (nSPS) is 12.1. The number of nitrogen functional groups attached to an aromatic ring is 1. The van der Waals surface area contributed by atoms with Crippen molar-refractivity contribution in [3.8, 4) is 0 Å². The summed E-state index contributed by atoms with van der Waals surface area (Å²) in [6.07, 6.45) is 2.74. The van der Waals surface area contributed by atoms with Crippen molar-refractivity contribution in [2.75, 3.05) is 17.7 Å².